The third-order valence-corrected chi connectivity index (χ3v) is 3.40. The first kappa shape index (κ1) is 16.0. The van der Waals surface area contributed by atoms with Crippen LogP contribution >= 0.6 is 11.8 Å². The summed E-state index contributed by atoms with van der Waals surface area (Å²) in [7, 11) is 0. The monoisotopic (exact) mass is 283 g/mol. The van der Waals surface area contributed by atoms with Crippen molar-refractivity contribution in [1.29, 1.82) is 0 Å². The molecule has 0 radical (unpaired) electrons. The van der Waals surface area contributed by atoms with Crippen LogP contribution in [0, 0.1) is 6.92 Å². The highest BCUT2D eigenvalue weighted by atomic mass is 32.2. The molecule has 2 N–H and O–H groups in total. The zero-order valence-corrected chi connectivity index (χ0v) is 12.3. The summed E-state index contributed by atoms with van der Waals surface area (Å²) in [6.45, 7) is 3.44. The maximum absolute atomic E-state index is 12.0. The molecule has 0 fully saturated rings. The third kappa shape index (κ3) is 5.63. The van der Waals surface area contributed by atoms with E-state index in [1.807, 2.05) is 31.4 Å². The number of ether oxygens (including phenoxy) is 1. The van der Waals surface area contributed by atoms with E-state index in [4.69, 9.17) is 9.84 Å². The average molecular weight is 283 g/mol. The van der Waals surface area contributed by atoms with Gasteiger partial charge in [0.05, 0.1) is 13.2 Å². The second-order valence-corrected chi connectivity index (χ2v) is 5.01. The fourth-order valence-electron chi connectivity index (χ4n) is 1.61. The number of rotatable bonds is 8. The van der Waals surface area contributed by atoms with Gasteiger partial charge in [0.25, 0.3) is 5.91 Å². The van der Waals surface area contributed by atoms with Crippen molar-refractivity contribution in [2.75, 3.05) is 32.6 Å². The van der Waals surface area contributed by atoms with E-state index < -0.39 is 0 Å². The van der Waals surface area contributed by atoms with Gasteiger partial charge in [-0.25, -0.2) is 0 Å². The van der Waals surface area contributed by atoms with Crippen LogP contribution in [0.5, 0.6) is 0 Å². The van der Waals surface area contributed by atoms with Crippen molar-refractivity contribution in [2.45, 2.75) is 18.2 Å². The Morgan fingerprint density at radius 1 is 1.42 bits per heavy atom. The number of thioether (sulfide) groups is 1. The molecule has 106 valence electrons. The highest BCUT2D eigenvalue weighted by Crippen LogP contribution is 2.18. The second-order valence-electron chi connectivity index (χ2n) is 4.13. The molecule has 0 saturated heterocycles. The van der Waals surface area contributed by atoms with Crippen LogP contribution in [0.4, 0.5) is 0 Å². The number of aryl methyl sites for hydroxylation is 1. The maximum atomic E-state index is 12.0. The number of aliphatic hydroxyl groups is 1. The molecule has 4 nitrogen and oxygen atoms in total. The molecule has 19 heavy (non-hydrogen) atoms. The minimum atomic E-state index is -0.0458. The Labute approximate surface area is 118 Å². The Balaban J connectivity index is 2.40. The van der Waals surface area contributed by atoms with Gasteiger partial charge in [-0.2, -0.15) is 0 Å². The first-order valence-electron chi connectivity index (χ1n) is 6.30. The average Bonchev–Trinajstić information content (AvgIpc) is 2.43. The molecule has 1 rings (SSSR count). The Hall–Kier alpha value is -1.04. The summed E-state index contributed by atoms with van der Waals surface area (Å²) in [5, 5.41) is 11.4. The number of carbonyl (C=O) groups is 1. The van der Waals surface area contributed by atoms with Gasteiger partial charge in [-0.3, -0.25) is 4.79 Å². The zero-order valence-electron chi connectivity index (χ0n) is 11.4. The van der Waals surface area contributed by atoms with Gasteiger partial charge >= 0.3 is 0 Å². The van der Waals surface area contributed by atoms with Crippen molar-refractivity contribution < 1.29 is 14.6 Å². The van der Waals surface area contributed by atoms with Crippen LogP contribution in [0.15, 0.2) is 23.1 Å². The Bertz CT molecular complexity index is 410. The largest absolute Gasteiger partial charge is 0.394 e. The topological polar surface area (TPSA) is 58.6 Å². The molecule has 0 heterocycles. The number of amides is 1. The molecular formula is C14H21NO3S. The van der Waals surface area contributed by atoms with Crippen LogP contribution in [-0.2, 0) is 4.74 Å². The van der Waals surface area contributed by atoms with Gasteiger partial charge in [0.2, 0.25) is 0 Å². The lowest BCUT2D eigenvalue weighted by Gasteiger charge is -2.09. The predicted molar refractivity (Wildman–Crippen MR) is 77.8 cm³/mol. The van der Waals surface area contributed by atoms with Gasteiger partial charge in [0.15, 0.2) is 0 Å². The van der Waals surface area contributed by atoms with E-state index in [1.165, 1.54) is 0 Å². The molecule has 1 aromatic rings. The number of hydrogen-bond acceptors (Lipinski definition) is 4. The van der Waals surface area contributed by atoms with E-state index in [-0.39, 0.29) is 12.5 Å². The molecule has 1 aromatic carbocycles. The van der Waals surface area contributed by atoms with Gasteiger partial charge < -0.3 is 15.2 Å². The number of hydrogen-bond donors (Lipinski definition) is 2. The summed E-state index contributed by atoms with van der Waals surface area (Å²) in [6.07, 6.45) is 2.73. The fraction of sp³-hybridized carbons (Fsp3) is 0.500. The smallest absolute Gasteiger partial charge is 0.251 e. The van der Waals surface area contributed by atoms with Crippen molar-refractivity contribution in [1.82, 2.24) is 5.32 Å². The lowest BCUT2D eigenvalue weighted by Crippen LogP contribution is -2.26. The molecule has 0 aliphatic heterocycles. The Morgan fingerprint density at radius 3 is 2.89 bits per heavy atom. The highest BCUT2D eigenvalue weighted by molar-refractivity contribution is 7.98. The Kier molecular flexibility index (Phi) is 7.55. The molecule has 0 atom stereocenters. The molecule has 0 aromatic heterocycles. The van der Waals surface area contributed by atoms with Crippen LogP contribution in [-0.4, -0.2) is 43.6 Å². The van der Waals surface area contributed by atoms with Crippen LogP contribution < -0.4 is 5.32 Å². The highest BCUT2D eigenvalue weighted by Gasteiger charge is 2.09. The molecule has 5 heteroatoms. The van der Waals surface area contributed by atoms with E-state index in [0.29, 0.717) is 19.8 Å². The van der Waals surface area contributed by atoms with Crippen LogP contribution in [0.1, 0.15) is 22.3 Å². The predicted octanol–water partition coefficient (Wildman–Crippen LogP) is 1.85. The fourth-order valence-corrected chi connectivity index (χ4v) is 2.05. The van der Waals surface area contributed by atoms with E-state index in [9.17, 15) is 4.79 Å². The molecule has 0 bridgehead atoms. The molecule has 1 amide bonds. The molecule has 0 unspecified atom stereocenters. The summed E-state index contributed by atoms with van der Waals surface area (Å²) in [6, 6.07) is 5.89. The minimum Gasteiger partial charge on any atom is -0.394 e. The summed E-state index contributed by atoms with van der Waals surface area (Å²) in [5.41, 5.74) is 1.70. The van der Waals surface area contributed by atoms with Crippen LogP contribution in [0.3, 0.4) is 0 Å². The number of benzene rings is 1. The Morgan fingerprint density at radius 2 is 2.21 bits per heavy atom. The lowest BCUT2D eigenvalue weighted by atomic mass is 10.1. The van der Waals surface area contributed by atoms with Crippen LogP contribution in [0.25, 0.3) is 0 Å². The standard InChI is InChI=1S/C14H21NO3S/c1-11-4-5-12(19-2)10-13(11)14(17)15-6-3-8-18-9-7-16/h4-5,10,16H,3,6-9H2,1-2H3,(H,15,17). The van der Waals surface area contributed by atoms with Crippen molar-refractivity contribution in [2.24, 2.45) is 0 Å². The minimum absolute atomic E-state index is 0.0348. The summed E-state index contributed by atoms with van der Waals surface area (Å²) in [4.78, 5) is 13.1. The van der Waals surface area contributed by atoms with Crippen LogP contribution in [0.2, 0.25) is 0 Å². The summed E-state index contributed by atoms with van der Waals surface area (Å²) < 4.78 is 5.13. The van der Waals surface area contributed by atoms with Crippen molar-refractivity contribution >= 4 is 17.7 Å². The first-order chi connectivity index (χ1) is 9.19. The van der Waals surface area contributed by atoms with E-state index in [0.717, 1.165) is 22.4 Å². The van der Waals surface area contributed by atoms with Crippen molar-refractivity contribution in [3.8, 4) is 0 Å². The molecular weight excluding hydrogens is 262 g/mol. The zero-order chi connectivity index (χ0) is 14.1. The number of nitrogens with one attached hydrogen (secondary N) is 1. The van der Waals surface area contributed by atoms with Gasteiger partial charge in [0.1, 0.15) is 0 Å². The second kappa shape index (κ2) is 8.96. The van der Waals surface area contributed by atoms with Gasteiger partial charge in [-0.15, -0.1) is 11.8 Å². The van der Waals surface area contributed by atoms with Gasteiger partial charge in [-0.05, 0) is 37.3 Å². The molecule has 0 saturated carbocycles. The molecule has 0 spiro atoms. The van der Waals surface area contributed by atoms with E-state index >= 15 is 0 Å². The molecule has 0 aliphatic carbocycles. The quantitative estimate of drug-likeness (QED) is 0.564. The normalized spacial score (nSPS) is 10.5. The SMILES string of the molecule is CSc1ccc(C)c(C(=O)NCCCOCCO)c1. The summed E-state index contributed by atoms with van der Waals surface area (Å²) >= 11 is 1.62. The number of carbonyl (C=O) groups excluding carboxylic acids is 1. The van der Waals surface area contributed by atoms with Crippen molar-refractivity contribution in [3.63, 3.8) is 0 Å². The van der Waals surface area contributed by atoms with E-state index in [1.54, 1.807) is 11.8 Å². The third-order valence-electron chi connectivity index (χ3n) is 2.68. The summed E-state index contributed by atoms with van der Waals surface area (Å²) in [5.74, 6) is -0.0458. The van der Waals surface area contributed by atoms with E-state index in [2.05, 4.69) is 5.32 Å². The lowest BCUT2D eigenvalue weighted by molar-refractivity contribution is 0.0867. The van der Waals surface area contributed by atoms with Gasteiger partial charge in [0, 0.05) is 23.6 Å². The molecule has 0 aliphatic rings. The van der Waals surface area contributed by atoms with Crippen molar-refractivity contribution in [3.05, 3.63) is 29.3 Å². The first-order valence-corrected chi connectivity index (χ1v) is 7.53. The maximum Gasteiger partial charge on any atom is 0.251 e. The number of aliphatic hydroxyl groups excluding tert-OH is 1. The van der Waals surface area contributed by atoms with Gasteiger partial charge in [-0.1, -0.05) is 6.07 Å².